The average molecular weight is 458 g/mol. The first-order valence-electron chi connectivity index (χ1n) is 8.75. The standard InChI is InChI=1S/C20H16Cl2F3N3O2/c1-12(13-6-8-14(21)9-7-13)26-18(29)11-30-19-10-17(20(23,24)25)27-28(19)16-5-3-2-4-15(16)22/h2-10,12H,11H2,1H3,(H,26,29). The Balaban J connectivity index is 1.75. The van der Waals surface area contributed by atoms with Crippen molar-refractivity contribution in [2.45, 2.75) is 19.1 Å². The summed E-state index contributed by atoms with van der Waals surface area (Å²) in [6.45, 7) is 1.25. The first kappa shape index (κ1) is 22.0. The van der Waals surface area contributed by atoms with E-state index in [2.05, 4.69) is 10.4 Å². The van der Waals surface area contributed by atoms with E-state index in [1.54, 1.807) is 43.3 Å². The van der Waals surface area contributed by atoms with Crippen LogP contribution >= 0.6 is 23.2 Å². The van der Waals surface area contributed by atoms with E-state index in [9.17, 15) is 18.0 Å². The Morgan fingerprint density at radius 3 is 2.47 bits per heavy atom. The molecule has 5 nitrogen and oxygen atoms in total. The number of amides is 1. The highest BCUT2D eigenvalue weighted by Crippen LogP contribution is 2.33. The lowest BCUT2D eigenvalue weighted by molar-refractivity contribution is -0.141. The van der Waals surface area contributed by atoms with Crippen molar-refractivity contribution < 1.29 is 22.7 Å². The first-order chi connectivity index (χ1) is 14.1. The molecule has 30 heavy (non-hydrogen) atoms. The Bertz CT molecular complexity index is 1040. The number of hydrogen-bond acceptors (Lipinski definition) is 3. The van der Waals surface area contributed by atoms with Gasteiger partial charge in [0.2, 0.25) is 5.88 Å². The third-order valence-corrected chi connectivity index (χ3v) is 4.72. The number of aromatic nitrogens is 2. The Morgan fingerprint density at radius 2 is 1.83 bits per heavy atom. The summed E-state index contributed by atoms with van der Waals surface area (Å²) in [7, 11) is 0. The van der Waals surface area contributed by atoms with Gasteiger partial charge in [0.15, 0.2) is 12.3 Å². The molecular formula is C20H16Cl2F3N3O2. The van der Waals surface area contributed by atoms with Gasteiger partial charge in [0.25, 0.3) is 5.91 Å². The van der Waals surface area contributed by atoms with E-state index in [-0.39, 0.29) is 22.6 Å². The fourth-order valence-electron chi connectivity index (χ4n) is 2.66. The number of hydrogen-bond donors (Lipinski definition) is 1. The number of rotatable bonds is 6. The molecule has 1 heterocycles. The molecule has 10 heteroatoms. The zero-order valence-corrected chi connectivity index (χ0v) is 17.1. The molecule has 1 aromatic heterocycles. The lowest BCUT2D eigenvalue weighted by Crippen LogP contribution is -2.31. The second kappa shape index (κ2) is 8.97. The second-order valence-electron chi connectivity index (χ2n) is 6.36. The van der Waals surface area contributed by atoms with Crippen molar-refractivity contribution in [2.75, 3.05) is 6.61 Å². The van der Waals surface area contributed by atoms with E-state index < -0.39 is 24.4 Å². The van der Waals surface area contributed by atoms with Crippen LogP contribution in [0.25, 0.3) is 5.69 Å². The van der Waals surface area contributed by atoms with Gasteiger partial charge in [0.05, 0.1) is 16.8 Å². The summed E-state index contributed by atoms with van der Waals surface area (Å²) in [6, 6.07) is 13.5. The maximum atomic E-state index is 13.1. The molecule has 0 radical (unpaired) electrons. The topological polar surface area (TPSA) is 56.1 Å². The Kier molecular flexibility index (Phi) is 6.58. The van der Waals surface area contributed by atoms with E-state index in [1.165, 1.54) is 12.1 Å². The molecule has 1 unspecified atom stereocenters. The summed E-state index contributed by atoms with van der Waals surface area (Å²) in [5, 5.41) is 7.00. The van der Waals surface area contributed by atoms with E-state index in [0.717, 1.165) is 16.3 Å². The number of alkyl halides is 3. The van der Waals surface area contributed by atoms with Crippen LogP contribution in [-0.2, 0) is 11.0 Å². The molecule has 0 aliphatic rings. The SMILES string of the molecule is CC(NC(=O)COc1cc(C(F)(F)F)nn1-c1ccccc1Cl)c1ccc(Cl)cc1. The minimum absolute atomic E-state index is 0.181. The van der Waals surface area contributed by atoms with Crippen LogP contribution < -0.4 is 10.1 Å². The highest BCUT2D eigenvalue weighted by molar-refractivity contribution is 6.32. The summed E-state index contributed by atoms with van der Waals surface area (Å²) in [6.07, 6.45) is -4.68. The Morgan fingerprint density at radius 1 is 1.17 bits per heavy atom. The van der Waals surface area contributed by atoms with E-state index >= 15 is 0 Å². The zero-order valence-electron chi connectivity index (χ0n) is 15.6. The largest absolute Gasteiger partial charge is 0.467 e. The minimum Gasteiger partial charge on any atom is -0.467 e. The first-order valence-corrected chi connectivity index (χ1v) is 9.50. The third kappa shape index (κ3) is 5.25. The van der Waals surface area contributed by atoms with Gasteiger partial charge in [0.1, 0.15) is 0 Å². The minimum atomic E-state index is -4.68. The number of nitrogens with zero attached hydrogens (tertiary/aromatic N) is 2. The molecule has 158 valence electrons. The predicted octanol–water partition coefficient (Wildman–Crippen LogP) is 5.45. The number of carbonyl (C=O) groups excluding carboxylic acids is 1. The van der Waals surface area contributed by atoms with Crippen LogP contribution in [-0.4, -0.2) is 22.3 Å². The molecule has 0 bridgehead atoms. The molecular weight excluding hydrogens is 442 g/mol. The summed E-state index contributed by atoms with van der Waals surface area (Å²) in [4.78, 5) is 12.2. The van der Waals surface area contributed by atoms with Crippen molar-refractivity contribution in [1.82, 2.24) is 15.1 Å². The Hall–Kier alpha value is -2.71. The maximum Gasteiger partial charge on any atom is 0.435 e. The summed E-state index contributed by atoms with van der Waals surface area (Å²) in [5.74, 6) is -0.775. The van der Waals surface area contributed by atoms with Gasteiger partial charge in [0, 0.05) is 11.1 Å². The van der Waals surface area contributed by atoms with Gasteiger partial charge < -0.3 is 10.1 Å². The molecule has 3 aromatic rings. The van der Waals surface area contributed by atoms with Gasteiger partial charge in [-0.05, 0) is 36.8 Å². The molecule has 2 aromatic carbocycles. The lowest BCUT2D eigenvalue weighted by Gasteiger charge is -2.15. The van der Waals surface area contributed by atoms with Crippen LogP contribution in [0.3, 0.4) is 0 Å². The molecule has 0 fully saturated rings. The molecule has 0 spiro atoms. The number of para-hydroxylation sites is 1. The van der Waals surface area contributed by atoms with Crippen molar-refractivity contribution >= 4 is 29.1 Å². The average Bonchev–Trinajstić information content (AvgIpc) is 3.12. The van der Waals surface area contributed by atoms with Crippen molar-refractivity contribution in [1.29, 1.82) is 0 Å². The van der Waals surface area contributed by atoms with Gasteiger partial charge in [-0.3, -0.25) is 4.79 Å². The fraction of sp³-hybridized carbons (Fsp3) is 0.200. The van der Waals surface area contributed by atoms with Crippen molar-refractivity contribution in [2.24, 2.45) is 0 Å². The molecule has 0 aliphatic carbocycles. The van der Waals surface area contributed by atoms with E-state index in [1.807, 2.05) is 0 Å². The van der Waals surface area contributed by atoms with Crippen LogP contribution in [0.1, 0.15) is 24.2 Å². The molecule has 0 saturated heterocycles. The highest BCUT2D eigenvalue weighted by Gasteiger charge is 2.36. The predicted molar refractivity (Wildman–Crippen MR) is 107 cm³/mol. The summed E-state index contributed by atoms with van der Waals surface area (Å²) >= 11 is 11.9. The summed E-state index contributed by atoms with van der Waals surface area (Å²) < 4.78 is 45.7. The quantitative estimate of drug-likeness (QED) is 0.534. The van der Waals surface area contributed by atoms with E-state index in [0.29, 0.717) is 5.02 Å². The van der Waals surface area contributed by atoms with Gasteiger partial charge in [-0.15, -0.1) is 0 Å². The fourth-order valence-corrected chi connectivity index (χ4v) is 3.00. The monoisotopic (exact) mass is 457 g/mol. The van der Waals surface area contributed by atoms with Gasteiger partial charge in [-0.2, -0.15) is 23.0 Å². The normalized spacial score (nSPS) is 12.5. The van der Waals surface area contributed by atoms with Crippen LogP contribution in [0.2, 0.25) is 10.0 Å². The van der Waals surface area contributed by atoms with Crippen LogP contribution in [0.4, 0.5) is 13.2 Å². The lowest BCUT2D eigenvalue weighted by atomic mass is 10.1. The molecule has 1 atom stereocenters. The van der Waals surface area contributed by atoms with Gasteiger partial charge in [-0.1, -0.05) is 47.5 Å². The van der Waals surface area contributed by atoms with Crippen LogP contribution in [0.5, 0.6) is 5.88 Å². The molecule has 1 N–H and O–H groups in total. The van der Waals surface area contributed by atoms with Crippen molar-refractivity contribution in [3.63, 3.8) is 0 Å². The molecule has 1 amide bonds. The van der Waals surface area contributed by atoms with Gasteiger partial charge >= 0.3 is 6.18 Å². The number of benzene rings is 2. The zero-order chi connectivity index (χ0) is 21.9. The number of carbonyl (C=O) groups is 1. The Labute approximate surface area is 180 Å². The highest BCUT2D eigenvalue weighted by atomic mass is 35.5. The smallest absolute Gasteiger partial charge is 0.435 e. The van der Waals surface area contributed by atoms with Gasteiger partial charge in [-0.25, -0.2) is 0 Å². The summed E-state index contributed by atoms with van der Waals surface area (Å²) in [5.41, 5.74) is -0.153. The van der Waals surface area contributed by atoms with Crippen molar-refractivity contribution in [3.05, 3.63) is 75.9 Å². The van der Waals surface area contributed by atoms with Crippen LogP contribution in [0.15, 0.2) is 54.6 Å². The molecule has 0 aliphatic heterocycles. The number of halogens is 5. The maximum absolute atomic E-state index is 13.1. The van der Waals surface area contributed by atoms with Crippen molar-refractivity contribution in [3.8, 4) is 11.6 Å². The number of ether oxygens (including phenoxy) is 1. The molecule has 3 rings (SSSR count). The molecule has 0 saturated carbocycles. The van der Waals surface area contributed by atoms with Crippen LogP contribution in [0, 0.1) is 0 Å². The van der Waals surface area contributed by atoms with E-state index in [4.69, 9.17) is 27.9 Å². The third-order valence-electron chi connectivity index (χ3n) is 4.15. The number of nitrogens with one attached hydrogen (secondary N) is 1. The second-order valence-corrected chi connectivity index (χ2v) is 7.20.